The first kappa shape index (κ1) is 10.1. The molecule has 2 rings (SSSR count). The number of pyridine rings is 1. The summed E-state index contributed by atoms with van der Waals surface area (Å²) in [5.41, 5.74) is 0.789. The molecule has 0 spiro atoms. The summed E-state index contributed by atoms with van der Waals surface area (Å²) in [4.78, 5) is 17.0. The van der Waals surface area contributed by atoms with Crippen LogP contribution in [0.2, 0.25) is 0 Å². The van der Waals surface area contributed by atoms with Crippen LogP contribution in [0.15, 0.2) is 24.5 Å². The monoisotopic (exact) mass is 208 g/mol. The summed E-state index contributed by atoms with van der Waals surface area (Å²) in [5.74, 6) is -0.0918. The van der Waals surface area contributed by atoms with E-state index in [4.69, 9.17) is 9.84 Å². The number of amides is 1. The molecule has 0 aromatic carbocycles. The lowest BCUT2D eigenvalue weighted by atomic mass is 10.2. The fourth-order valence-electron chi connectivity index (χ4n) is 1.51. The van der Waals surface area contributed by atoms with Crippen molar-refractivity contribution >= 4 is 11.6 Å². The third-order valence-electron chi connectivity index (χ3n) is 2.31. The Labute approximate surface area is 87.3 Å². The molecule has 0 aliphatic carbocycles. The van der Waals surface area contributed by atoms with Gasteiger partial charge in [0, 0.05) is 18.1 Å². The van der Waals surface area contributed by atoms with Gasteiger partial charge in [-0.2, -0.15) is 0 Å². The van der Waals surface area contributed by atoms with Crippen LogP contribution in [0.25, 0.3) is 0 Å². The smallest absolute Gasteiger partial charge is 0.253 e. The van der Waals surface area contributed by atoms with Crippen LogP contribution in [0.1, 0.15) is 0 Å². The minimum atomic E-state index is -0.295. The Hall–Kier alpha value is -1.46. The van der Waals surface area contributed by atoms with Crippen molar-refractivity contribution in [1.29, 1.82) is 0 Å². The predicted molar refractivity (Wildman–Crippen MR) is 53.4 cm³/mol. The van der Waals surface area contributed by atoms with Gasteiger partial charge in [0.1, 0.15) is 6.61 Å². The standard InChI is InChI=1S/C10H12N2O3/c13-6-9-5-12(10(14)7-15-9)8-1-3-11-4-2-8/h1-4,9,13H,5-7H2. The minimum Gasteiger partial charge on any atom is -0.394 e. The Morgan fingerprint density at radius 2 is 2.27 bits per heavy atom. The van der Waals surface area contributed by atoms with E-state index in [0.717, 1.165) is 5.69 Å². The maximum absolute atomic E-state index is 11.6. The van der Waals surface area contributed by atoms with E-state index in [0.29, 0.717) is 6.54 Å². The molecule has 1 aliphatic rings. The van der Waals surface area contributed by atoms with Gasteiger partial charge in [-0.05, 0) is 12.1 Å². The van der Waals surface area contributed by atoms with Crippen molar-refractivity contribution in [3.05, 3.63) is 24.5 Å². The molecular formula is C10H12N2O3. The number of anilines is 1. The second-order valence-electron chi connectivity index (χ2n) is 3.33. The summed E-state index contributed by atoms with van der Waals surface area (Å²) in [6.45, 7) is 0.335. The molecule has 1 aromatic rings. The van der Waals surface area contributed by atoms with Crippen LogP contribution in [0.4, 0.5) is 5.69 Å². The second kappa shape index (κ2) is 4.37. The summed E-state index contributed by atoms with van der Waals surface area (Å²) >= 11 is 0. The van der Waals surface area contributed by atoms with E-state index >= 15 is 0 Å². The average Bonchev–Trinajstić information content (AvgIpc) is 2.31. The van der Waals surface area contributed by atoms with Crippen molar-refractivity contribution in [1.82, 2.24) is 4.98 Å². The van der Waals surface area contributed by atoms with Gasteiger partial charge in [0.05, 0.1) is 19.3 Å². The van der Waals surface area contributed by atoms with Crippen LogP contribution in [-0.2, 0) is 9.53 Å². The summed E-state index contributed by atoms with van der Waals surface area (Å²) in [5, 5.41) is 8.97. The Bertz CT molecular complexity index is 342. The second-order valence-corrected chi connectivity index (χ2v) is 3.33. The first-order chi connectivity index (χ1) is 7.31. The highest BCUT2D eigenvalue weighted by molar-refractivity contribution is 5.94. The lowest BCUT2D eigenvalue weighted by Gasteiger charge is -2.31. The van der Waals surface area contributed by atoms with Crippen LogP contribution in [0.3, 0.4) is 0 Å². The maximum atomic E-state index is 11.6. The molecular weight excluding hydrogens is 196 g/mol. The van der Waals surface area contributed by atoms with Gasteiger partial charge < -0.3 is 14.7 Å². The fourth-order valence-corrected chi connectivity index (χ4v) is 1.51. The van der Waals surface area contributed by atoms with Gasteiger partial charge in [0.15, 0.2) is 0 Å². The minimum absolute atomic E-state index is 0.0214. The number of carbonyl (C=O) groups excluding carboxylic acids is 1. The predicted octanol–water partition coefficient (Wildman–Crippen LogP) is -0.194. The van der Waals surface area contributed by atoms with E-state index < -0.39 is 0 Å². The Morgan fingerprint density at radius 1 is 1.53 bits per heavy atom. The number of nitrogens with zero attached hydrogens (tertiary/aromatic N) is 2. The van der Waals surface area contributed by atoms with Crippen molar-refractivity contribution in [3.63, 3.8) is 0 Å². The highest BCUT2D eigenvalue weighted by Crippen LogP contribution is 2.16. The molecule has 1 unspecified atom stereocenters. The lowest BCUT2D eigenvalue weighted by molar-refractivity contribution is -0.130. The van der Waals surface area contributed by atoms with Crippen molar-refractivity contribution in [2.75, 3.05) is 24.7 Å². The number of carbonyl (C=O) groups is 1. The average molecular weight is 208 g/mol. The maximum Gasteiger partial charge on any atom is 0.253 e. The zero-order chi connectivity index (χ0) is 10.7. The van der Waals surface area contributed by atoms with Gasteiger partial charge in [-0.1, -0.05) is 0 Å². The molecule has 2 heterocycles. The van der Waals surface area contributed by atoms with Gasteiger partial charge in [-0.3, -0.25) is 9.78 Å². The molecule has 80 valence electrons. The van der Waals surface area contributed by atoms with E-state index in [2.05, 4.69) is 4.98 Å². The fraction of sp³-hybridized carbons (Fsp3) is 0.400. The molecule has 1 saturated heterocycles. The van der Waals surface area contributed by atoms with Crippen LogP contribution in [0, 0.1) is 0 Å². The Morgan fingerprint density at radius 3 is 2.93 bits per heavy atom. The molecule has 1 aliphatic heterocycles. The molecule has 1 aromatic heterocycles. The van der Waals surface area contributed by atoms with Gasteiger partial charge >= 0.3 is 0 Å². The number of rotatable bonds is 2. The highest BCUT2D eigenvalue weighted by Gasteiger charge is 2.26. The van der Waals surface area contributed by atoms with Gasteiger partial charge in [-0.25, -0.2) is 0 Å². The number of aliphatic hydroxyl groups excluding tert-OH is 1. The van der Waals surface area contributed by atoms with Crippen molar-refractivity contribution < 1.29 is 14.6 Å². The van der Waals surface area contributed by atoms with E-state index in [1.54, 1.807) is 29.4 Å². The number of morpholine rings is 1. The summed E-state index contributed by atoms with van der Waals surface area (Å²) in [6, 6.07) is 3.52. The third-order valence-corrected chi connectivity index (χ3v) is 2.31. The molecule has 1 atom stereocenters. The van der Waals surface area contributed by atoms with Gasteiger partial charge in [0.25, 0.3) is 5.91 Å². The van der Waals surface area contributed by atoms with E-state index in [9.17, 15) is 4.79 Å². The van der Waals surface area contributed by atoms with E-state index in [-0.39, 0.29) is 25.2 Å². The molecule has 1 fully saturated rings. The van der Waals surface area contributed by atoms with Crippen molar-refractivity contribution in [2.24, 2.45) is 0 Å². The zero-order valence-corrected chi connectivity index (χ0v) is 8.17. The lowest BCUT2D eigenvalue weighted by Crippen LogP contribution is -2.48. The number of aromatic nitrogens is 1. The van der Waals surface area contributed by atoms with Crippen LogP contribution >= 0.6 is 0 Å². The summed E-state index contributed by atoms with van der Waals surface area (Å²) < 4.78 is 5.13. The van der Waals surface area contributed by atoms with E-state index in [1.807, 2.05) is 0 Å². The first-order valence-electron chi connectivity index (χ1n) is 4.74. The highest BCUT2D eigenvalue weighted by atomic mass is 16.5. The van der Waals surface area contributed by atoms with Crippen molar-refractivity contribution in [3.8, 4) is 0 Å². The summed E-state index contributed by atoms with van der Waals surface area (Å²) in [7, 11) is 0. The number of ether oxygens (including phenoxy) is 1. The van der Waals surface area contributed by atoms with E-state index in [1.165, 1.54) is 0 Å². The molecule has 1 amide bonds. The largest absolute Gasteiger partial charge is 0.394 e. The third kappa shape index (κ3) is 2.14. The Kier molecular flexibility index (Phi) is 2.94. The molecule has 15 heavy (non-hydrogen) atoms. The van der Waals surface area contributed by atoms with Crippen LogP contribution in [-0.4, -0.2) is 41.9 Å². The molecule has 0 radical (unpaired) electrons. The molecule has 0 saturated carbocycles. The number of hydrogen-bond donors (Lipinski definition) is 1. The molecule has 5 heteroatoms. The van der Waals surface area contributed by atoms with Crippen LogP contribution < -0.4 is 4.90 Å². The van der Waals surface area contributed by atoms with Crippen molar-refractivity contribution in [2.45, 2.75) is 6.10 Å². The van der Waals surface area contributed by atoms with Crippen LogP contribution in [0.5, 0.6) is 0 Å². The van der Waals surface area contributed by atoms with Gasteiger partial charge in [-0.15, -0.1) is 0 Å². The first-order valence-corrected chi connectivity index (χ1v) is 4.74. The zero-order valence-electron chi connectivity index (χ0n) is 8.17. The number of aliphatic hydroxyl groups is 1. The normalized spacial score (nSPS) is 21.8. The molecule has 5 nitrogen and oxygen atoms in total. The quantitative estimate of drug-likeness (QED) is 0.731. The number of hydrogen-bond acceptors (Lipinski definition) is 4. The molecule has 1 N–H and O–H groups in total. The Balaban J connectivity index is 2.16. The SMILES string of the molecule is O=C1COC(CO)CN1c1ccncc1. The topological polar surface area (TPSA) is 62.7 Å². The summed E-state index contributed by atoms with van der Waals surface area (Å²) in [6.07, 6.45) is 2.97. The molecule has 0 bridgehead atoms. The van der Waals surface area contributed by atoms with Gasteiger partial charge in [0.2, 0.25) is 0 Å².